The number of fused-ring (bicyclic) bond motifs is 2. The van der Waals surface area contributed by atoms with Gasteiger partial charge in [-0.1, -0.05) is 24.3 Å². The Kier molecular flexibility index (Phi) is 2.19. The molecule has 112 valence electrons. The number of phenols is 1. The smallest absolute Gasteiger partial charge is 0.341 e. The maximum atomic E-state index is 12.1. The van der Waals surface area contributed by atoms with E-state index in [4.69, 9.17) is 9.47 Å². The molecule has 0 aliphatic carbocycles. The second-order valence-corrected chi connectivity index (χ2v) is 5.58. The van der Waals surface area contributed by atoms with Crippen LogP contribution >= 0.6 is 0 Å². The van der Waals surface area contributed by atoms with Gasteiger partial charge in [-0.05, 0) is 23.8 Å². The number of carbonyl (C=O) groups excluding carboxylic acids is 1. The average Bonchev–Trinajstić information content (AvgIpc) is 2.56. The molecule has 2 heterocycles. The van der Waals surface area contributed by atoms with Crippen LogP contribution in [0.4, 0.5) is 0 Å². The van der Waals surface area contributed by atoms with Crippen molar-refractivity contribution in [1.82, 2.24) is 0 Å². The Morgan fingerprint density at radius 1 is 0.957 bits per heavy atom. The van der Waals surface area contributed by atoms with Crippen molar-refractivity contribution in [2.24, 2.45) is 0 Å². The van der Waals surface area contributed by atoms with Crippen molar-refractivity contribution < 1.29 is 24.5 Å². The molecule has 0 radical (unpaired) electrons. The molecule has 0 spiro atoms. The van der Waals surface area contributed by atoms with Crippen LogP contribution in [-0.4, -0.2) is 16.2 Å². The second kappa shape index (κ2) is 4.02. The standard InChI is InChI=1S/C18H10O5/c19-12-7-11-14-10(17(20)23-18(11)21)6-5-9-8-3-1-2-4-13(8)22-16(12)15(9)14/h1-7,18-19,21H/t18-/m1/s1. The Bertz CT molecular complexity index is 1020. The fourth-order valence-corrected chi connectivity index (χ4v) is 3.36. The Labute approximate surface area is 130 Å². The Morgan fingerprint density at radius 3 is 2.61 bits per heavy atom. The van der Waals surface area contributed by atoms with Crippen LogP contribution in [0, 0.1) is 0 Å². The van der Waals surface area contributed by atoms with Gasteiger partial charge in [-0.25, -0.2) is 4.79 Å². The number of aliphatic hydroxyl groups is 1. The molecular formula is C18H10O5. The SMILES string of the molecule is O=C1O[C@@H](O)c2cc(O)c3c4c(ccc1c24)-c1ccccc1O3. The van der Waals surface area contributed by atoms with Crippen LogP contribution in [-0.2, 0) is 4.74 Å². The lowest BCUT2D eigenvalue weighted by Crippen LogP contribution is -2.18. The molecule has 23 heavy (non-hydrogen) atoms. The number of benzene rings is 3. The van der Waals surface area contributed by atoms with E-state index in [-0.39, 0.29) is 5.75 Å². The number of rotatable bonds is 0. The normalized spacial score (nSPS) is 17.4. The van der Waals surface area contributed by atoms with Crippen LogP contribution in [0.25, 0.3) is 21.9 Å². The van der Waals surface area contributed by atoms with E-state index in [1.807, 2.05) is 30.3 Å². The van der Waals surface area contributed by atoms with Gasteiger partial charge in [0.25, 0.3) is 0 Å². The highest BCUT2D eigenvalue weighted by Gasteiger charge is 2.33. The van der Waals surface area contributed by atoms with Gasteiger partial charge in [0.15, 0.2) is 11.5 Å². The molecule has 2 aliphatic heterocycles. The van der Waals surface area contributed by atoms with E-state index in [1.165, 1.54) is 6.07 Å². The van der Waals surface area contributed by atoms with Crippen molar-refractivity contribution in [1.29, 1.82) is 0 Å². The molecule has 2 N–H and O–H groups in total. The molecule has 0 fully saturated rings. The molecule has 3 aromatic rings. The van der Waals surface area contributed by atoms with Gasteiger partial charge >= 0.3 is 5.97 Å². The highest BCUT2D eigenvalue weighted by atomic mass is 16.6. The second-order valence-electron chi connectivity index (χ2n) is 5.58. The Balaban J connectivity index is 2.02. The van der Waals surface area contributed by atoms with Crippen molar-refractivity contribution in [3.63, 3.8) is 0 Å². The molecule has 1 atom stereocenters. The van der Waals surface area contributed by atoms with Gasteiger partial charge in [0, 0.05) is 21.9 Å². The number of cyclic esters (lactones) is 1. The average molecular weight is 306 g/mol. The van der Waals surface area contributed by atoms with Crippen molar-refractivity contribution >= 4 is 16.7 Å². The highest BCUT2D eigenvalue weighted by Crippen LogP contribution is 2.53. The fourth-order valence-electron chi connectivity index (χ4n) is 3.36. The zero-order valence-electron chi connectivity index (χ0n) is 11.7. The lowest BCUT2D eigenvalue weighted by molar-refractivity contribution is -0.0687. The van der Waals surface area contributed by atoms with Crippen LogP contribution < -0.4 is 4.74 Å². The van der Waals surface area contributed by atoms with Crippen molar-refractivity contribution in [2.45, 2.75) is 6.29 Å². The minimum atomic E-state index is -1.40. The summed E-state index contributed by atoms with van der Waals surface area (Å²) in [6.07, 6.45) is -1.40. The van der Waals surface area contributed by atoms with Crippen LogP contribution in [0.3, 0.4) is 0 Å². The van der Waals surface area contributed by atoms with Gasteiger partial charge in [-0.2, -0.15) is 0 Å². The molecule has 2 aliphatic rings. The number of ether oxygens (including phenoxy) is 2. The molecule has 0 saturated carbocycles. The van der Waals surface area contributed by atoms with Gasteiger partial charge in [-0.15, -0.1) is 0 Å². The lowest BCUT2D eigenvalue weighted by Gasteiger charge is -2.28. The van der Waals surface area contributed by atoms with Gasteiger partial charge in [-0.3, -0.25) is 0 Å². The summed E-state index contributed by atoms with van der Waals surface area (Å²) in [7, 11) is 0. The van der Waals surface area contributed by atoms with Crippen molar-refractivity contribution in [3.8, 4) is 28.4 Å². The van der Waals surface area contributed by atoms with E-state index >= 15 is 0 Å². The molecule has 0 unspecified atom stereocenters. The molecule has 5 nitrogen and oxygen atoms in total. The van der Waals surface area contributed by atoms with Gasteiger partial charge in [0.05, 0.1) is 5.56 Å². The van der Waals surface area contributed by atoms with Crippen molar-refractivity contribution in [3.05, 3.63) is 53.6 Å². The van der Waals surface area contributed by atoms with Gasteiger partial charge < -0.3 is 19.7 Å². The number of hydrogen-bond acceptors (Lipinski definition) is 5. The number of phenolic OH excluding ortho intramolecular Hbond substituents is 1. The summed E-state index contributed by atoms with van der Waals surface area (Å²) in [5.74, 6) is 0.239. The Morgan fingerprint density at radius 2 is 1.74 bits per heavy atom. The molecule has 0 aromatic heterocycles. The molecule has 5 heteroatoms. The molecule has 5 rings (SSSR count). The minimum absolute atomic E-state index is 0.0996. The third kappa shape index (κ3) is 1.47. The number of aromatic hydroxyl groups is 1. The monoisotopic (exact) mass is 306 g/mol. The number of aliphatic hydroxyl groups excluding tert-OH is 1. The van der Waals surface area contributed by atoms with Gasteiger partial charge in [0.1, 0.15) is 5.75 Å². The third-order valence-electron chi connectivity index (χ3n) is 4.34. The first-order valence-electron chi connectivity index (χ1n) is 7.14. The summed E-state index contributed by atoms with van der Waals surface area (Å²) >= 11 is 0. The maximum Gasteiger partial charge on any atom is 0.341 e. The predicted octanol–water partition coefficient (Wildman–Crippen LogP) is 3.48. The van der Waals surface area contributed by atoms with Crippen molar-refractivity contribution in [2.75, 3.05) is 0 Å². The molecule has 0 bridgehead atoms. The first-order chi connectivity index (χ1) is 11.1. The van der Waals surface area contributed by atoms with Gasteiger partial charge in [0.2, 0.25) is 6.29 Å². The third-order valence-corrected chi connectivity index (χ3v) is 4.34. The lowest BCUT2D eigenvalue weighted by atomic mass is 9.88. The van der Waals surface area contributed by atoms with E-state index in [2.05, 4.69) is 0 Å². The zero-order chi connectivity index (χ0) is 15.7. The first-order valence-corrected chi connectivity index (χ1v) is 7.14. The highest BCUT2D eigenvalue weighted by molar-refractivity contribution is 6.15. The summed E-state index contributed by atoms with van der Waals surface area (Å²) in [5, 5.41) is 21.5. The summed E-state index contributed by atoms with van der Waals surface area (Å²) in [4.78, 5) is 12.1. The van der Waals surface area contributed by atoms with Crippen LogP contribution in [0.5, 0.6) is 17.2 Å². The molecule has 0 saturated heterocycles. The van der Waals surface area contributed by atoms with E-state index in [0.29, 0.717) is 33.4 Å². The minimum Gasteiger partial charge on any atom is -0.504 e. The molecule has 0 amide bonds. The van der Waals surface area contributed by atoms with E-state index in [9.17, 15) is 15.0 Å². The maximum absolute atomic E-state index is 12.1. The fraction of sp³-hybridized carbons (Fsp3) is 0.0556. The van der Waals surface area contributed by atoms with Crippen LogP contribution in [0.1, 0.15) is 22.2 Å². The van der Waals surface area contributed by atoms with E-state index < -0.39 is 12.3 Å². The first kappa shape index (κ1) is 12.5. The van der Waals surface area contributed by atoms with E-state index in [1.54, 1.807) is 6.07 Å². The Hall–Kier alpha value is -3.05. The number of carbonyl (C=O) groups is 1. The van der Waals surface area contributed by atoms with Crippen LogP contribution in [0.2, 0.25) is 0 Å². The number of para-hydroxylation sites is 1. The summed E-state index contributed by atoms with van der Waals surface area (Å²) in [5.41, 5.74) is 2.44. The summed E-state index contributed by atoms with van der Waals surface area (Å²) in [6.45, 7) is 0. The van der Waals surface area contributed by atoms with E-state index in [0.717, 1.165) is 11.1 Å². The number of esters is 1. The summed E-state index contributed by atoms with van der Waals surface area (Å²) in [6, 6.07) is 12.4. The predicted molar refractivity (Wildman–Crippen MR) is 81.5 cm³/mol. The molecule has 3 aromatic carbocycles. The quantitative estimate of drug-likeness (QED) is 0.486. The number of hydrogen-bond donors (Lipinski definition) is 2. The largest absolute Gasteiger partial charge is 0.504 e. The topological polar surface area (TPSA) is 76.0 Å². The van der Waals surface area contributed by atoms with Crippen LogP contribution in [0.15, 0.2) is 42.5 Å². The zero-order valence-corrected chi connectivity index (χ0v) is 11.7. The molecular weight excluding hydrogens is 296 g/mol. The summed E-state index contributed by atoms with van der Waals surface area (Å²) < 4.78 is 10.8.